The van der Waals surface area contributed by atoms with Crippen LogP contribution in [0.3, 0.4) is 0 Å². The summed E-state index contributed by atoms with van der Waals surface area (Å²) in [7, 11) is 1.84. The number of para-hydroxylation sites is 1. The summed E-state index contributed by atoms with van der Waals surface area (Å²) in [5.74, 6) is 1.66. The first kappa shape index (κ1) is 16.8. The zero-order valence-electron chi connectivity index (χ0n) is 14.3. The van der Waals surface area contributed by atoms with Gasteiger partial charge in [0.15, 0.2) is 0 Å². The monoisotopic (exact) mass is 331 g/mol. The predicted molar refractivity (Wildman–Crippen MR) is 99.6 cm³/mol. The van der Waals surface area contributed by atoms with Gasteiger partial charge in [0.25, 0.3) is 0 Å². The minimum Gasteiger partial charge on any atom is -0.457 e. The summed E-state index contributed by atoms with van der Waals surface area (Å²) in [5.41, 5.74) is 2.11. The van der Waals surface area contributed by atoms with Crippen LogP contribution in [0.15, 0.2) is 84.9 Å². The van der Waals surface area contributed by atoms with Gasteiger partial charge in [-0.15, -0.1) is 0 Å². The summed E-state index contributed by atoms with van der Waals surface area (Å²) in [6.07, 6.45) is 0.384. The van der Waals surface area contributed by atoms with Crippen LogP contribution in [-0.2, 0) is 17.8 Å². The van der Waals surface area contributed by atoms with E-state index < -0.39 is 0 Å². The Morgan fingerprint density at radius 1 is 0.760 bits per heavy atom. The largest absolute Gasteiger partial charge is 0.457 e. The molecule has 0 aromatic heterocycles. The molecule has 3 nitrogen and oxygen atoms in total. The number of hydrogen-bond donors (Lipinski definition) is 0. The standard InChI is InChI=1S/C22H21NO2/c1-23(17-19-8-4-2-5-9-19)22(24)16-18-12-14-21(15-13-18)25-20-10-6-3-7-11-20/h2-15H,16-17H2,1H3. The van der Waals surface area contributed by atoms with E-state index in [1.54, 1.807) is 4.90 Å². The molecular formula is C22H21NO2. The van der Waals surface area contributed by atoms with E-state index in [1.165, 1.54) is 0 Å². The lowest BCUT2D eigenvalue weighted by molar-refractivity contribution is -0.129. The van der Waals surface area contributed by atoms with Gasteiger partial charge in [-0.05, 0) is 35.4 Å². The molecular weight excluding hydrogens is 310 g/mol. The predicted octanol–water partition coefficient (Wildman–Crippen LogP) is 4.68. The lowest BCUT2D eigenvalue weighted by atomic mass is 10.1. The molecule has 0 bridgehead atoms. The molecule has 3 aromatic rings. The third-order valence-electron chi connectivity index (χ3n) is 3.95. The van der Waals surface area contributed by atoms with Gasteiger partial charge in [0, 0.05) is 13.6 Å². The second-order valence-electron chi connectivity index (χ2n) is 5.97. The highest BCUT2D eigenvalue weighted by Gasteiger charge is 2.10. The van der Waals surface area contributed by atoms with Crippen molar-refractivity contribution >= 4 is 5.91 Å². The molecule has 25 heavy (non-hydrogen) atoms. The zero-order valence-corrected chi connectivity index (χ0v) is 14.3. The molecule has 3 aromatic carbocycles. The molecule has 0 atom stereocenters. The summed E-state index contributed by atoms with van der Waals surface area (Å²) >= 11 is 0. The number of carbonyl (C=O) groups is 1. The van der Waals surface area contributed by atoms with E-state index in [9.17, 15) is 4.79 Å². The van der Waals surface area contributed by atoms with Gasteiger partial charge in [0.2, 0.25) is 5.91 Å². The maximum atomic E-state index is 12.4. The summed E-state index contributed by atoms with van der Waals surface area (Å²) in [6.45, 7) is 0.620. The van der Waals surface area contributed by atoms with Crippen LogP contribution in [0.25, 0.3) is 0 Å². The molecule has 0 unspecified atom stereocenters. The Labute approximate surface area is 148 Å². The number of nitrogens with zero attached hydrogens (tertiary/aromatic N) is 1. The van der Waals surface area contributed by atoms with Gasteiger partial charge >= 0.3 is 0 Å². The number of rotatable bonds is 6. The molecule has 0 saturated carbocycles. The van der Waals surface area contributed by atoms with Gasteiger partial charge in [0.05, 0.1) is 6.42 Å². The van der Waals surface area contributed by atoms with E-state index in [2.05, 4.69) is 0 Å². The molecule has 0 N–H and O–H groups in total. The van der Waals surface area contributed by atoms with Crippen LogP contribution in [0.2, 0.25) is 0 Å². The van der Waals surface area contributed by atoms with Crippen molar-refractivity contribution < 1.29 is 9.53 Å². The van der Waals surface area contributed by atoms with Crippen molar-refractivity contribution in [2.24, 2.45) is 0 Å². The van der Waals surface area contributed by atoms with Gasteiger partial charge in [0.1, 0.15) is 11.5 Å². The van der Waals surface area contributed by atoms with Crippen LogP contribution in [0.4, 0.5) is 0 Å². The van der Waals surface area contributed by atoms with E-state index in [1.807, 2.05) is 92.0 Å². The molecule has 0 aliphatic rings. The minimum absolute atomic E-state index is 0.0978. The summed E-state index contributed by atoms with van der Waals surface area (Å²) in [4.78, 5) is 14.1. The van der Waals surface area contributed by atoms with Gasteiger partial charge in [-0.25, -0.2) is 0 Å². The first-order valence-electron chi connectivity index (χ1n) is 8.30. The number of ether oxygens (including phenoxy) is 1. The molecule has 0 spiro atoms. The maximum absolute atomic E-state index is 12.4. The minimum atomic E-state index is 0.0978. The Morgan fingerprint density at radius 3 is 1.96 bits per heavy atom. The Morgan fingerprint density at radius 2 is 1.32 bits per heavy atom. The third kappa shape index (κ3) is 4.95. The van der Waals surface area contributed by atoms with Crippen LogP contribution >= 0.6 is 0 Å². The molecule has 3 heteroatoms. The van der Waals surface area contributed by atoms with Crippen LogP contribution in [0.5, 0.6) is 11.5 Å². The average molecular weight is 331 g/mol. The number of benzene rings is 3. The number of carbonyl (C=O) groups excluding carboxylic acids is 1. The van der Waals surface area contributed by atoms with Crippen molar-refractivity contribution in [1.82, 2.24) is 4.90 Å². The van der Waals surface area contributed by atoms with Crippen molar-refractivity contribution in [2.75, 3.05) is 7.05 Å². The normalized spacial score (nSPS) is 10.3. The first-order chi connectivity index (χ1) is 12.2. The topological polar surface area (TPSA) is 29.5 Å². The number of amides is 1. The lowest BCUT2D eigenvalue weighted by Crippen LogP contribution is -2.27. The zero-order chi connectivity index (χ0) is 17.5. The quantitative estimate of drug-likeness (QED) is 0.656. The van der Waals surface area contributed by atoms with E-state index in [-0.39, 0.29) is 5.91 Å². The van der Waals surface area contributed by atoms with Crippen molar-refractivity contribution in [3.05, 3.63) is 96.1 Å². The highest BCUT2D eigenvalue weighted by atomic mass is 16.5. The van der Waals surface area contributed by atoms with Crippen molar-refractivity contribution in [3.8, 4) is 11.5 Å². The molecule has 0 fully saturated rings. The molecule has 0 radical (unpaired) electrons. The Hall–Kier alpha value is -3.07. The van der Waals surface area contributed by atoms with Crippen LogP contribution < -0.4 is 4.74 Å². The van der Waals surface area contributed by atoms with E-state index in [4.69, 9.17) is 4.74 Å². The average Bonchev–Trinajstić information content (AvgIpc) is 2.65. The second-order valence-corrected chi connectivity index (χ2v) is 5.97. The molecule has 1 amide bonds. The fourth-order valence-electron chi connectivity index (χ4n) is 2.56. The molecule has 126 valence electrons. The third-order valence-corrected chi connectivity index (χ3v) is 3.95. The second kappa shape index (κ2) is 8.15. The molecule has 3 rings (SSSR count). The molecule has 0 aliphatic carbocycles. The van der Waals surface area contributed by atoms with Crippen LogP contribution in [0, 0.1) is 0 Å². The Bertz CT molecular complexity index is 798. The molecule has 0 aliphatic heterocycles. The summed E-state index contributed by atoms with van der Waals surface area (Å²) < 4.78 is 5.77. The van der Waals surface area contributed by atoms with E-state index in [0.29, 0.717) is 13.0 Å². The van der Waals surface area contributed by atoms with E-state index >= 15 is 0 Å². The SMILES string of the molecule is CN(Cc1ccccc1)C(=O)Cc1ccc(Oc2ccccc2)cc1. The number of hydrogen-bond acceptors (Lipinski definition) is 2. The number of likely N-dealkylation sites (N-methyl/N-ethyl adjacent to an activating group) is 1. The maximum Gasteiger partial charge on any atom is 0.227 e. The highest BCUT2D eigenvalue weighted by Crippen LogP contribution is 2.21. The molecule has 0 heterocycles. The molecule has 0 saturated heterocycles. The van der Waals surface area contributed by atoms with E-state index in [0.717, 1.165) is 22.6 Å². The summed E-state index contributed by atoms with van der Waals surface area (Å²) in [5, 5.41) is 0. The van der Waals surface area contributed by atoms with Gasteiger partial charge < -0.3 is 9.64 Å². The van der Waals surface area contributed by atoms with Crippen molar-refractivity contribution in [3.63, 3.8) is 0 Å². The fourth-order valence-corrected chi connectivity index (χ4v) is 2.56. The van der Waals surface area contributed by atoms with Crippen LogP contribution in [-0.4, -0.2) is 17.9 Å². The van der Waals surface area contributed by atoms with Crippen molar-refractivity contribution in [2.45, 2.75) is 13.0 Å². The van der Waals surface area contributed by atoms with Gasteiger partial charge in [-0.2, -0.15) is 0 Å². The first-order valence-corrected chi connectivity index (χ1v) is 8.30. The highest BCUT2D eigenvalue weighted by molar-refractivity contribution is 5.78. The Kier molecular flexibility index (Phi) is 5.47. The van der Waals surface area contributed by atoms with Crippen LogP contribution in [0.1, 0.15) is 11.1 Å². The van der Waals surface area contributed by atoms with Gasteiger partial charge in [-0.1, -0.05) is 60.7 Å². The summed E-state index contributed by atoms with van der Waals surface area (Å²) in [6, 6.07) is 27.3. The Balaban J connectivity index is 1.56. The fraction of sp³-hybridized carbons (Fsp3) is 0.136. The van der Waals surface area contributed by atoms with Gasteiger partial charge in [-0.3, -0.25) is 4.79 Å². The smallest absolute Gasteiger partial charge is 0.227 e. The lowest BCUT2D eigenvalue weighted by Gasteiger charge is -2.17. The van der Waals surface area contributed by atoms with Crippen molar-refractivity contribution in [1.29, 1.82) is 0 Å².